The summed E-state index contributed by atoms with van der Waals surface area (Å²) in [5.74, 6) is 0. The molecule has 3 nitrogen and oxygen atoms in total. The van der Waals surface area contributed by atoms with Gasteiger partial charge in [-0.2, -0.15) is 0 Å². The van der Waals surface area contributed by atoms with Gasteiger partial charge in [0.25, 0.3) is 0 Å². The summed E-state index contributed by atoms with van der Waals surface area (Å²) in [6, 6.07) is 0. The Hall–Kier alpha value is -0.120. The minimum absolute atomic E-state index is 0.0995. The summed E-state index contributed by atoms with van der Waals surface area (Å²) in [5, 5.41) is 11.0. The average molecular weight is 147 g/mol. The van der Waals surface area contributed by atoms with Crippen LogP contribution >= 0.6 is 0 Å². The lowest BCUT2D eigenvalue weighted by atomic mass is 9.97. The van der Waals surface area contributed by atoms with E-state index in [9.17, 15) is 5.21 Å². The average Bonchev–Trinajstić information content (AvgIpc) is 2.01. The van der Waals surface area contributed by atoms with Crippen LogP contribution in [-0.4, -0.2) is 12.6 Å². The maximum atomic E-state index is 11.1. The molecule has 0 bridgehead atoms. The van der Waals surface area contributed by atoms with Crippen molar-refractivity contribution in [2.75, 3.05) is 7.11 Å². The molecule has 0 radical (unpaired) electrons. The molecule has 0 aliphatic carbocycles. The van der Waals surface area contributed by atoms with Crippen molar-refractivity contribution in [2.24, 2.45) is 0 Å². The molecular weight excluding hydrogens is 130 g/mol. The van der Waals surface area contributed by atoms with Crippen LogP contribution in [0.3, 0.4) is 0 Å². The monoisotopic (exact) mass is 147 g/mol. The van der Waals surface area contributed by atoms with E-state index in [1.54, 1.807) is 0 Å². The summed E-state index contributed by atoms with van der Waals surface area (Å²) in [5.41, 5.74) is -0.269. The molecule has 10 heavy (non-hydrogen) atoms. The van der Waals surface area contributed by atoms with Crippen LogP contribution in [-0.2, 0) is 4.84 Å². The molecule has 1 atom stereocenters. The molecule has 0 rings (SSSR count). The third-order valence-electron chi connectivity index (χ3n) is 2.24. The Labute approximate surface area is 62.5 Å². The highest BCUT2D eigenvalue weighted by Crippen LogP contribution is 2.08. The van der Waals surface area contributed by atoms with Crippen LogP contribution in [0.5, 0.6) is 0 Å². The lowest BCUT2D eigenvalue weighted by molar-refractivity contribution is -1.09. The smallest absolute Gasteiger partial charge is 0.124 e. The minimum atomic E-state index is -0.269. The van der Waals surface area contributed by atoms with Crippen molar-refractivity contribution in [1.29, 1.82) is 0 Å². The summed E-state index contributed by atoms with van der Waals surface area (Å²) >= 11 is 0. The maximum absolute atomic E-state index is 11.1. The van der Waals surface area contributed by atoms with Crippen LogP contribution in [0.2, 0.25) is 0 Å². The predicted molar refractivity (Wildman–Crippen MR) is 40.3 cm³/mol. The van der Waals surface area contributed by atoms with E-state index in [-0.39, 0.29) is 10.8 Å². The van der Waals surface area contributed by atoms with E-state index < -0.39 is 0 Å². The molecule has 0 heterocycles. The van der Waals surface area contributed by atoms with Crippen molar-refractivity contribution in [3.05, 3.63) is 5.21 Å². The topological polar surface area (TPSA) is 36.7 Å². The van der Waals surface area contributed by atoms with Crippen LogP contribution in [0.15, 0.2) is 0 Å². The molecule has 0 saturated carbocycles. The Morgan fingerprint density at radius 2 is 1.80 bits per heavy atom. The standard InChI is InChI=1S/C7H17NO2/c1-5-7(3,6-2)8(9)10-4/h8H,5-6H2,1-4H3. The highest BCUT2D eigenvalue weighted by atomic mass is 16.9. The molecular formula is C7H17NO2. The lowest BCUT2D eigenvalue weighted by Crippen LogP contribution is -3.14. The second kappa shape index (κ2) is 3.91. The molecule has 0 aliphatic rings. The molecule has 62 valence electrons. The van der Waals surface area contributed by atoms with Gasteiger partial charge in [0, 0.05) is 12.8 Å². The lowest BCUT2D eigenvalue weighted by Gasteiger charge is -2.35. The molecule has 1 N–H and O–H groups in total. The second-order valence-electron chi connectivity index (χ2n) is 2.76. The molecule has 0 amide bonds. The zero-order valence-electron chi connectivity index (χ0n) is 7.23. The summed E-state index contributed by atoms with van der Waals surface area (Å²) < 4.78 is 0. The number of nitrogens with one attached hydrogen (secondary N) is 1. The highest BCUT2D eigenvalue weighted by molar-refractivity contribution is 4.66. The van der Waals surface area contributed by atoms with Crippen LogP contribution in [0, 0.1) is 5.21 Å². The molecule has 0 aromatic rings. The molecule has 0 fully saturated rings. The summed E-state index contributed by atoms with van der Waals surface area (Å²) in [4.78, 5) is 4.66. The Kier molecular flexibility index (Phi) is 3.86. The quantitative estimate of drug-likeness (QED) is 0.588. The van der Waals surface area contributed by atoms with Crippen LogP contribution in [0.4, 0.5) is 0 Å². The first-order chi connectivity index (χ1) is 4.60. The zero-order chi connectivity index (χ0) is 8.20. The van der Waals surface area contributed by atoms with E-state index in [0.717, 1.165) is 12.8 Å². The summed E-state index contributed by atoms with van der Waals surface area (Å²) in [6.45, 7) is 5.93. The van der Waals surface area contributed by atoms with Crippen molar-refractivity contribution < 1.29 is 10.1 Å². The molecule has 3 heteroatoms. The number of quaternary nitrogens is 1. The predicted octanol–water partition coefficient (Wildman–Crippen LogP) is 0.509. The number of rotatable bonds is 4. The van der Waals surface area contributed by atoms with Crippen LogP contribution < -0.4 is 5.23 Å². The fraction of sp³-hybridized carbons (Fsp3) is 1.00. The van der Waals surface area contributed by atoms with Gasteiger partial charge in [0.15, 0.2) is 0 Å². The largest absolute Gasteiger partial charge is 0.599 e. The second-order valence-corrected chi connectivity index (χ2v) is 2.76. The fourth-order valence-corrected chi connectivity index (χ4v) is 0.785. The van der Waals surface area contributed by atoms with E-state index in [2.05, 4.69) is 4.84 Å². The molecule has 1 unspecified atom stereocenters. The SMILES string of the molecule is CCC(C)(CC)[NH+]([O-])OC. The molecule has 0 aromatic carbocycles. The first-order valence-corrected chi connectivity index (χ1v) is 3.69. The molecule has 0 spiro atoms. The van der Waals surface area contributed by atoms with Crippen LogP contribution in [0.1, 0.15) is 33.6 Å². The van der Waals surface area contributed by atoms with E-state index in [1.165, 1.54) is 7.11 Å². The highest BCUT2D eigenvalue weighted by Gasteiger charge is 2.27. The van der Waals surface area contributed by atoms with Gasteiger partial charge in [-0.1, -0.05) is 13.8 Å². The fourth-order valence-electron chi connectivity index (χ4n) is 0.785. The molecule has 0 aromatic heterocycles. The third-order valence-corrected chi connectivity index (χ3v) is 2.24. The van der Waals surface area contributed by atoms with E-state index in [0.29, 0.717) is 0 Å². The van der Waals surface area contributed by atoms with Crippen molar-refractivity contribution >= 4 is 0 Å². The summed E-state index contributed by atoms with van der Waals surface area (Å²) in [6.07, 6.45) is 1.69. The van der Waals surface area contributed by atoms with Gasteiger partial charge in [-0.3, -0.25) is 0 Å². The van der Waals surface area contributed by atoms with Gasteiger partial charge in [0.05, 0.1) is 7.11 Å². The van der Waals surface area contributed by atoms with Crippen molar-refractivity contribution in [3.8, 4) is 0 Å². The first-order valence-electron chi connectivity index (χ1n) is 3.69. The van der Waals surface area contributed by atoms with E-state index in [1.807, 2.05) is 20.8 Å². The van der Waals surface area contributed by atoms with E-state index >= 15 is 0 Å². The Bertz CT molecular complexity index is 91.6. The number of hydrogen-bond donors (Lipinski definition) is 1. The number of hydroxylamine groups is 2. The normalized spacial score (nSPS) is 15.3. The number of hydrogen-bond acceptors (Lipinski definition) is 2. The van der Waals surface area contributed by atoms with Gasteiger partial charge < -0.3 is 5.21 Å². The molecule has 0 aliphatic heterocycles. The first kappa shape index (κ1) is 9.88. The van der Waals surface area contributed by atoms with Gasteiger partial charge in [-0.25, -0.2) is 10.1 Å². The van der Waals surface area contributed by atoms with Gasteiger partial charge in [0.1, 0.15) is 5.54 Å². The third kappa shape index (κ3) is 1.94. The van der Waals surface area contributed by atoms with Gasteiger partial charge >= 0.3 is 0 Å². The van der Waals surface area contributed by atoms with Crippen molar-refractivity contribution in [1.82, 2.24) is 0 Å². The van der Waals surface area contributed by atoms with E-state index in [4.69, 9.17) is 0 Å². The summed E-state index contributed by atoms with van der Waals surface area (Å²) in [7, 11) is 1.44. The van der Waals surface area contributed by atoms with Crippen molar-refractivity contribution in [2.45, 2.75) is 39.2 Å². The Morgan fingerprint density at radius 1 is 1.40 bits per heavy atom. The molecule has 0 saturated heterocycles. The maximum Gasteiger partial charge on any atom is 0.124 e. The zero-order valence-corrected chi connectivity index (χ0v) is 7.23. The Balaban J connectivity index is 4.02. The van der Waals surface area contributed by atoms with Crippen LogP contribution in [0.25, 0.3) is 0 Å². The van der Waals surface area contributed by atoms with Gasteiger partial charge in [-0.05, 0) is 6.92 Å². The minimum Gasteiger partial charge on any atom is -0.599 e. The Morgan fingerprint density at radius 3 is 1.90 bits per heavy atom. The van der Waals surface area contributed by atoms with Gasteiger partial charge in [-0.15, -0.1) is 0 Å². The van der Waals surface area contributed by atoms with Gasteiger partial charge in [0.2, 0.25) is 0 Å². The van der Waals surface area contributed by atoms with Crippen molar-refractivity contribution in [3.63, 3.8) is 0 Å².